The van der Waals surface area contributed by atoms with Gasteiger partial charge in [-0.1, -0.05) is 11.6 Å². The van der Waals surface area contributed by atoms with Crippen molar-refractivity contribution >= 4 is 27.5 Å². The number of alkyl halides is 3. The summed E-state index contributed by atoms with van der Waals surface area (Å²) >= 11 is 5.88. The van der Waals surface area contributed by atoms with Gasteiger partial charge in [0.15, 0.2) is 0 Å². The predicted molar refractivity (Wildman–Crippen MR) is 87.4 cm³/mol. The molecule has 2 rings (SSSR count). The molecule has 146 valence electrons. The molecule has 0 unspecified atom stereocenters. The highest BCUT2D eigenvalue weighted by molar-refractivity contribution is 7.90. The van der Waals surface area contributed by atoms with Crippen LogP contribution in [0.5, 0.6) is 5.75 Å². The second-order valence-corrected chi connectivity index (χ2v) is 8.23. The minimum absolute atomic E-state index is 0.0414. The maximum absolute atomic E-state index is 12.6. The van der Waals surface area contributed by atoms with Crippen molar-refractivity contribution in [1.82, 2.24) is 14.6 Å². The summed E-state index contributed by atoms with van der Waals surface area (Å²) in [5.41, 5.74) is -5.33. The van der Waals surface area contributed by atoms with Gasteiger partial charge in [0.2, 0.25) is 0 Å². The van der Waals surface area contributed by atoms with Crippen LogP contribution < -0.4 is 10.1 Å². The molecule has 0 saturated heterocycles. The number of ether oxygens (including phenoxy) is 1. The van der Waals surface area contributed by atoms with Crippen molar-refractivity contribution in [3.63, 3.8) is 0 Å². The SMILES string of the molecule is C[C@@H](COc1cnc(Cl)c(C(=O)NC2CC2)c1)N(C)S(=O)(=O)C(F)(F)F. The normalized spacial score (nSPS) is 16.4. The molecule has 0 spiro atoms. The molecule has 0 aromatic carbocycles. The van der Waals surface area contributed by atoms with E-state index >= 15 is 0 Å². The molecule has 1 heterocycles. The third-order valence-electron chi connectivity index (χ3n) is 3.75. The van der Waals surface area contributed by atoms with Gasteiger partial charge in [-0.25, -0.2) is 13.4 Å². The summed E-state index contributed by atoms with van der Waals surface area (Å²) in [6, 6.07) is 0.295. The first-order chi connectivity index (χ1) is 11.9. The van der Waals surface area contributed by atoms with Crippen LogP contribution in [0.15, 0.2) is 12.3 Å². The third-order valence-corrected chi connectivity index (χ3v) is 5.76. The summed E-state index contributed by atoms with van der Waals surface area (Å²) in [6.07, 6.45) is 2.95. The number of pyridine rings is 1. The zero-order valence-corrected chi connectivity index (χ0v) is 15.5. The number of rotatable bonds is 7. The molecular weight excluding hydrogens is 399 g/mol. The highest BCUT2D eigenvalue weighted by Gasteiger charge is 2.49. The Morgan fingerprint density at radius 3 is 2.65 bits per heavy atom. The molecule has 1 aliphatic rings. The smallest absolute Gasteiger partial charge is 0.490 e. The van der Waals surface area contributed by atoms with E-state index in [9.17, 15) is 26.4 Å². The van der Waals surface area contributed by atoms with E-state index in [-0.39, 0.29) is 33.4 Å². The second-order valence-electron chi connectivity index (χ2n) is 5.88. The first-order valence-electron chi connectivity index (χ1n) is 7.57. The Hall–Kier alpha value is -1.59. The Morgan fingerprint density at radius 2 is 2.12 bits per heavy atom. The van der Waals surface area contributed by atoms with Crippen molar-refractivity contribution in [1.29, 1.82) is 0 Å². The minimum atomic E-state index is -5.46. The molecule has 7 nitrogen and oxygen atoms in total. The van der Waals surface area contributed by atoms with Gasteiger partial charge in [-0.15, -0.1) is 0 Å². The van der Waals surface area contributed by atoms with Gasteiger partial charge in [0.05, 0.1) is 17.8 Å². The summed E-state index contributed by atoms with van der Waals surface area (Å²) in [4.78, 5) is 15.9. The molecule has 26 heavy (non-hydrogen) atoms. The first kappa shape index (κ1) is 20.7. The summed E-state index contributed by atoms with van der Waals surface area (Å²) in [5, 5.41) is 2.68. The summed E-state index contributed by atoms with van der Waals surface area (Å²) in [6.45, 7) is 0.881. The fraction of sp³-hybridized carbons (Fsp3) is 0.571. The number of hydrogen-bond acceptors (Lipinski definition) is 5. The third kappa shape index (κ3) is 4.77. The van der Waals surface area contributed by atoms with E-state index in [1.807, 2.05) is 0 Å². The van der Waals surface area contributed by atoms with E-state index in [2.05, 4.69) is 10.3 Å². The van der Waals surface area contributed by atoms with Crippen molar-refractivity contribution in [2.24, 2.45) is 0 Å². The van der Waals surface area contributed by atoms with Crippen LogP contribution in [-0.4, -0.2) is 54.9 Å². The highest BCUT2D eigenvalue weighted by Crippen LogP contribution is 2.27. The molecule has 1 saturated carbocycles. The van der Waals surface area contributed by atoms with E-state index in [1.165, 1.54) is 19.2 Å². The van der Waals surface area contributed by atoms with E-state index < -0.39 is 27.5 Å². The van der Waals surface area contributed by atoms with Crippen LogP contribution >= 0.6 is 11.6 Å². The van der Waals surface area contributed by atoms with Crippen LogP contribution in [-0.2, 0) is 10.0 Å². The fourth-order valence-electron chi connectivity index (χ4n) is 1.88. The second kappa shape index (κ2) is 7.57. The molecule has 1 aliphatic carbocycles. The molecule has 1 fully saturated rings. The molecule has 1 amide bonds. The number of hydrogen-bond donors (Lipinski definition) is 1. The van der Waals surface area contributed by atoms with Crippen molar-refractivity contribution in [2.75, 3.05) is 13.7 Å². The van der Waals surface area contributed by atoms with Crippen LogP contribution in [0, 0.1) is 0 Å². The number of aromatic nitrogens is 1. The average Bonchev–Trinajstić information content (AvgIpc) is 3.35. The van der Waals surface area contributed by atoms with Gasteiger partial charge in [-0.2, -0.15) is 17.5 Å². The predicted octanol–water partition coefficient (Wildman–Crippen LogP) is 2.18. The number of carbonyl (C=O) groups excluding carboxylic acids is 1. The average molecular weight is 416 g/mol. The maximum atomic E-state index is 12.6. The number of sulfonamides is 1. The van der Waals surface area contributed by atoms with Gasteiger partial charge in [-0.05, 0) is 25.8 Å². The Balaban J connectivity index is 2.03. The van der Waals surface area contributed by atoms with Crippen molar-refractivity contribution in [3.05, 3.63) is 23.0 Å². The lowest BCUT2D eigenvalue weighted by Gasteiger charge is -2.25. The van der Waals surface area contributed by atoms with Crippen LogP contribution in [0.25, 0.3) is 0 Å². The zero-order valence-electron chi connectivity index (χ0n) is 13.9. The molecule has 1 aromatic rings. The molecule has 0 aliphatic heterocycles. The molecule has 1 aromatic heterocycles. The Labute approximate surface area is 153 Å². The van der Waals surface area contributed by atoms with E-state index in [0.717, 1.165) is 19.9 Å². The van der Waals surface area contributed by atoms with Crippen LogP contribution in [0.4, 0.5) is 13.2 Å². The lowest BCUT2D eigenvalue weighted by molar-refractivity contribution is -0.0494. The minimum Gasteiger partial charge on any atom is -0.490 e. The summed E-state index contributed by atoms with van der Waals surface area (Å²) in [5.74, 6) is -0.347. The monoisotopic (exact) mass is 415 g/mol. The number of amides is 1. The van der Waals surface area contributed by atoms with E-state index in [4.69, 9.17) is 16.3 Å². The number of nitrogens with zero attached hydrogens (tertiary/aromatic N) is 2. The van der Waals surface area contributed by atoms with Gasteiger partial charge in [0.25, 0.3) is 5.91 Å². The summed E-state index contributed by atoms with van der Waals surface area (Å²) in [7, 11) is -4.65. The van der Waals surface area contributed by atoms with Crippen molar-refractivity contribution in [2.45, 2.75) is 37.4 Å². The molecule has 1 N–H and O–H groups in total. The van der Waals surface area contributed by atoms with Gasteiger partial charge in [0, 0.05) is 13.1 Å². The van der Waals surface area contributed by atoms with E-state index in [1.54, 1.807) is 0 Å². The van der Waals surface area contributed by atoms with Crippen molar-refractivity contribution in [3.8, 4) is 5.75 Å². The number of halogens is 4. The Kier molecular flexibility index (Phi) is 6.03. The molecule has 1 atom stereocenters. The number of nitrogens with one attached hydrogen (secondary N) is 1. The maximum Gasteiger partial charge on any atom is 0.511 e. The van der Waals surface area contributed by atoms with Gasteiger partial charge in [-0.3, -0.25) is 4.79 Å². The number of carbonyl (C=O) groups is 1. The molecule has 0 radical (unpaired) electrons. The Morgan fingerprint density at radius 1 is 1.50 bits per heavy atom. The van der Waals surface area contributed by atoms with Crippen molar-refractivity contribution < 1.29 is 31.1 Å². The molecule has 0 bridgehead atoms. The van der Waals surface area contributed by atoms with Crippen LogP contribution in [0.3, 0.4) is 0 Å². The Bertz CT molecular complexity index is 784. The van der Waals surface area contributed by atoms with Crippen LogP contribution in [0.2, 0.25) is 5.15 Å². The lowest BCUT2D eigenvalue weighted by atomic mass is 10.2. The molecule has 12 heteroatoms. The summed E-state index contributed by atoms with van der Waals surface area (Å²) < 4.78 is 65.9. The zero-order chi connectivity index (χ0) is 19.7. The fourth-order valence-corrected chi connectivity index (χ4v) is 2.93. The lowest BCUT2D eigenvalue weighted by Crippen LogP contribution is -2.45. The van der Waals surface area contributed by atoms with Gasteiger partial charge in [0.1, 0.15) is 17.5 Å². The highest BCUT2D eigenvalue weighted by atomic mass is 35.5. The largest absolute Gasteiger partial charge is 0.511 e. The quantitative estimate of drug-likeness (QED) is 0.689. The first-order valence-corrected chi connectivity index (χ1v) is 9.38. The standard InChI is InChI=1S/C14H17ClF3N3O4S/c1-8(21(2)26(23,24)14(16,17)18)7-25-10-5-11(12(15)19-6-10)13(22)20-9-3-4-9/h5-6,8-9H,3-4,7H2,1-2H3,(H,20,22)/t8-/m0/s1. The van der Waals surface area contributed by atoms with Crippen LogP contribution in [0.1, 0.15) is 30.1 Å². The van der Waals surface area contributed by atoms with Gasteiger partial charge >= 0.3 is 15.5 Å². The topological polar surface area (TPSA) is 88.6 Å². The van der Waals surface area contributed by atoms with Gasteiger partial charge < -0.3 is 10.1 Å². The number of likely N-dealkylation sites (N-methyl/N-ethyl adjacent to an activating group) is 1. The molecular formula is C14H17ClF3N3O4S. The van der Waals surface area contributed by atoms with E-state index in [0.29, 0.717) is 0 Å².